The molecule has 28 heavy (non-hydrogen) atoms. The third-order valence-corrected chi connectivity index (χ3v) is 3.42. The molecule has 0 fully saturated rings. The molecule has 2 aromatic rings. The van der Waals surface area contributed by atoms with Crippen LogP contribution in [0.1, 0.15) is 5.56 Å². The van der Waals surface area contributed by atoms with Crippen LogP contribution in [0.2, 0.25) is 0 Å². The Morgan fingerprint density at radius 2 is 1.79 bits per heavy atom. The minimum absolute atomic E-state index is 0.194. The molecule has 0 aliphatic rings. The van der Waals surface area contributed by atoms with Gasteiger partial charge in [-0.25, -0.2) is 5.43 Å². The average Bonchev–Trinajstić information content (AvgIpc) is 2.72. The molecular weight excluding hydrogens is 364 g/mol. The molecule has 0 unspecified atom stereocenters. The van der Waals surface area contributed by atoms with E-state index < -0.39 is 11.8 Å². The number of hydrogen-bond acceptors (Lipinski definition) is 6. The van der Waals surface area contributed by atoms with Crippen molar-refractivity contribution in [2.45, 2.75) is 0 Å². The number of amides is 3. The fourth-order valence-electron chi connectivity index (χ4n) is 2.08. The van der Waals surface area contributed by atoms with Crippen molar-refractivity contribution in [3.05, 3.63) is 54.1 Å². The SMILES string of the molecule is CNC(=O)C(=O)N/N=C\c1ccc(OCC(=O)Nc2ccccc2)c(OC)c1. The molecule has 0 atom stereocenters. The number of rotatable bonds is 7. The quantitative estimate of drug-likeness (QED) is 0.373. The van der Waals surface area contributed by atoms with Crippen LogP contribution in [0.5, 0.6) is 11.5 Å². The van der Waals surface area contributed by atoms with Gasteiger partial charge < -0.3 is 20.1 Å². The lowest BCUT2D eigenvalue weighted by atomic mass is 10.2. The predicted molar refractivity (Wildman–Crippen MR) is 103 cm³/mol. The number of ether oxygens (including phenoxy) is 2. The van der Waals surface area contributed by atoms with E-state index >= 15 is 0 Å². The number of likely N-dealkylation sites (N-methyl/N-ethyl adjacent to an activating group) is 1. The first-order chi connectivity index (χ1) is 13.5. The molecule has 9 nitrogen and oxygen atoms in total. The first kappa shape index (κ1) is 20.4. The summed E-state index contributed by atoms with van der Waals surface area (Å²) in [7, 11) is 2.80. The maximum absolute atomic E-state index is 12.0. The fourth-order valence-corrected chi connectivity index (χ4v) is 2.08. The predicted octanol–water partition coefficient (Wildman–Crippen LogP) is 0.909. The Hall–Kier alpha value is -3.88. The fraction of sp³-hybridized carbons (Fsp3) is 0.158. The van der Waals surface area contributed by atoms with Crippen LogP contribution in [0, 0.1) is 0 Å². The van der Waals surface area contributed by atoms with E-state index in [0.717, 1.165) is 0 Å². The van der Waals surface area contributed by atoms with Crippen molar-refractivity contribution >= 4 is 29.6 Å². The Morgan fingerprint density at radius 1 is 1.04 bits per heavy atom. The lowest BCUT2D eigenvalue weighted by Crippen LogP contribution is -2.35. The van der Waals surface area contributed by atoms with Gasteiger partial charge in [-0.2, -0.15) is 5.10 Å². The van der Waals surface area contributed by atoms with Crippen molar-refractivity contribution in [2.24, 2.45) is 5.10 Å². The molecule has 2 rings (SSSR count). The normalized spacial score (nSPS) is 10.2. The highest BCUT2D eigenvalue weighted by atomic mass is 16.5. The zero-order valence-electron chi connectivity index (χ0n) is 15.4. The molecule has 0 saturated carbocycles. The van der Waals surface area contributed by atoms with Crippen LogP contribution in [0.3, 0.4) is 0 Å². The van der Waals surface area contributed by atoms with Gasteiger partial charge in [0.25, 0.3) is 5.91 Å². The van der Waals surface area contributed by atoms with Crippen LogP contribution >= 0.6 is 0 Å². The van der Waals surface area contributed by atoms with Gasteiger partial charge in [-0.15, -0.1) is 0 Å². The van der Waals surface area contributed by atoms with Crippen molar-refractivity contribution in [1.29, 1.82) is 0 Å². The zero-order valence-corrected chi connectivity index (χ0v) is 15.4. The van der Waals surface area contributed by atoms with Crippen LogP contribution in [-0.4, -0.2) is 44.7 Å². The summed E-state index contributed by atoms with van der Waals surface area (Å²) in [4.78, 5) is 34.3. The first-order valence-electron chi connectivity index (χ1n) is 8.24. The van der Waals surface area contributed by atoms with Crippen molar-refractivity contribution < 1.29 is 23.9 Å². The van der Waals surface area contributed by atoms with Crippen LogP contribution in [0.15, 0.2) is 53.6 Å². The first-order valence-corrected chi connectivity index (χ1v) is 8.24. The van der Waals surface area contributed by atoms with Crippen molar-refractivity contribution in [1.82, 2.24) is 10.7 Å². The van der Waals surface area contributed by atoms with E-state index in [-0.39, 0.29) is 12.5 Å². The molecule has 0 spiro atoms. The molecule has 0 aliphatic carbocycles. The number of para-hydroxylation sites is 1. The van der Waals surface area contributed by atoms with Crippen molar-refractivity contribution in [3.63, 3.8) is 0 Å². The van der Waals surface area contributed by atoms with E-state index in [1.54, 1.807) is 30.3 Å². The summed E-state index contributed by atoms with van der Waals surface area (Å²) in [5.41, 5.74) is 3.36. The third-order valence-electron chi connectivity index (χ3n) is 3.42. The Kier molecular flexibility index (Phi) is 7.53. The van der Waals surface area contributed by atoms with Crippen molar-refractivity contribution in [2.75, 3.05) is 26.1 Å². The average molecular weight is 384 g/mol. The third kappa shape index (κ3) is 6.13. The van der Waals surface area contributed by atoms with Gasteiger partial charge in [0, 0.05) is 12.7 Å². The number of anilines is 1. The highest BCUT2D eigenvalue weighted by molar-refractivity contribution is 6.35. The second-order valence-corrected chi connectivity index (χ2v) is 5.39. The van der Waals surface area contributed by atoms with Crippen LogP contribution in [0.25, 0.3) is 0 Å². The topological polar surface area (TPSA) is 118 Å². The molecule has 146 valence electrons. The molecule has 0 saturated heterocycles. The van der Waals surface area contributed by atoms with E-state index in [0.29, 0.717) is 22.7 Å². The number of methoxy groups -OCH3 is 1. The molecule has 9 heteroatoms. The molecule has 0 radical (unpaired) electrons. The molecule has 3 amide bonds. The summed E-state index contributed by atoms with van der Waals surface area (Å²) in [5, 5.41) is 8.59. The number of hydrazone groups is 1. The minimum atomic E-state index is -0.880. The lowest BCUT2D eigenvalue weighted by molar-refractivity contribution is -0.138. The maximum Gasteiger partial charge on any atom is 0.329 e. The summed E-state index contributed by atoms with van der Waals surface area (Å²) >= 11 is 0. The minimum Gasteiger partial charge on any atom is -0.493 e. The number of benzene rings is 2. The Morgan fingerprint density at radius 3 is 2.46 bits per heavy atom. The molecule has 2 aromatic carbocycles. The lowest BCUT2D eigenvalue weighted by Gasteiger charge is -2.11. The number of nitrogens with zero attached hydrogens (tertiary/aromatic N) is 1. The molecule has 0 aromatic heterocycles. The second-order valence-electron chi connectivity index (χ2n) is 5.39. The highest BCUT2D eigenvalue weighted by Crippen LogP contribution is 2.27. The number of hydrogen-bond donors (Lipinski definition) is 3. The number of carbonyl (C=O) groups excluding carboxylic acids is 3. The summed E-state index contributed by atoms with van der Waals surface area (Å²) in [5.74, 6) is -1.23. The van der Waals surface area contributed by atoms with E-state index in [9.17, 15) is 14.4 Å². The molecule has 0 bridgehead atoms. The molecule has 0 heterocycles. The van der Waals surface area contributed by atoms with Gasteiger partial charge in [0.05, 0.1) is 13.3 Å². The van der Waals surface area contributed by atoms with Gasteiger partial charge in [-0.05, 0) is 35.9 Å². The highest BCUT2D eigenvalue weighted by Gasteiger charge is 2.10. The van der Waals surface area contributed by atoms with E-state index in [1.807, 2.05) is 18.2 Å². The summed E-state index contributed by atoms with van der Waals surface area (Å²) in [6, 6.07) is 13.9. The summed E-state index contributed by atoms with van der Waals surface area (Å²) < 4.78 is 10.8. The van der Waals surface area contributed by atoms with E-state index in [2.05, 4.69) is 21.2 Å². The zero-order chi connectivity index (χ0) is 20.4. The van der Waals surface area contributed by atoms with Gasteiger partial charge >= 0.3 is 11.8 Å². The van der Waals surface area contributed by atoms with Crippen LogP contribution in [0.4, 0.5) is 5.69 Å². The largest absolute Gasteiger partial charge is 0.493 e. The van der Waals surface area contributed by atoms with Crippen LogP contribution in [-0.2, 0) is 14.4 Å². The summed E-state index contributed by atoms with van der Waals surface area (Å²) in [6.45, 7) is -0.194. The Balaban J connectivity index is 1.94. The van der Waals surface area contributed by atoms with E-state index in [1.165, 1.54) is 20.4 Å². The standard InChI is InChI=1S/C19H20N4O5/c1-20-18(25)19(26)23-21-11-13-8-9-15(16(10-13)27-2)28-12-17(24)22-14-6-4-3-5-7-14/h3-11H,12H2,1-2H3,(H,20,25)(H,22,24)(H,23,26)/b21-11-. The molecular formula is C19H20N4O5. The monoisotopic (exact) mass is 384 g/mol. The molecule has 0 aliphatic heterocycles. The van der Waals surface area contributed by atoms with Crippen molar-refractivity contribution in [3.8, 4) is 11.5 Å². The number of nitrogens with one attached hydrogen (secondary N) is 3. The molecule has 3 N–H and O–H groups in total. The van der Waals surface area contributed by atoms with Gasteiger partial charge in [0.2, 0.25) is 0 Å². The maximum atomic E-state index is 12.0. The van der Waals surface area contributed by atoms with Gasteiger partial charge in [0.1, 0.15) is 0 Å². The second kappa shape index (κ2) is 10.3. The number of carbonyl (C=O) groups is 3. The van der Waals surface area contributed by atoms with Crippen LogP contribution < -0.4 is 25.5 Å². The van der Waals surface area contributed by atoms with Gasteiger partial charge in [0.15, 0.2) is 18.1 Å². The van der Waals surface area contributed by atoms with Gasteiger partial charge in [-0.3, -0.25) is 14.4 Å². The Bertz CT molecular complexity index is 868. The summed E-state index contributed by atoms with van der Waals surface area (Å²) in [6.07, 6.45) is 1.34. The smallest absolute Gasteiger partial charge is 0.329 e. The van der Waals surface area contributed by atoms with Gasteiger partial charge in [-0.1, -0.05) is 18.2 Å². The Labute approximate surface area is 161 Å². The van der Waals surface area contributed by atoms with E-state index in [4.69, 9.17) is 9.47 Å².